The SMILES string of the molecule is COc1cc2c(N)nc(N3CCN(C(=O)CC(N)c4ccc(C)cc4)CC3)nc2c(F)c1OC. The smallest absolute Gasteiger partial charge is 0.228 e. The van der Waals surface area contributed by atoms with Gasteiger partial charge in [-0.1, -0.05) is 29.8 Å². The number of nitrogens with zero attached hydrogens (tertiary/aromatic N) is 4. The molecule has 1 amide bonds. The average Bonchev–Trinajstić information content (AvgIpc) is 2.84. The lowest BCUT2D eigenvalue weighted by atomic mass is 10.0. The number of methoxy groups -OCH3 is 2. The summed E-state index contributed by atoms with van der Waals surface area (Å²) in [7, 11) is 2.78. The number of fused-ring (bicyclic) bond motifs is 1. The molecule has 1 aliphatic rings. The number of anilines is 2. The molecule has 1 aromatic heterocycles. The van der Waals surface area contributed by atoms with Gasteiger partial charge in [0.2, 0.25) is 11.9 Å². The minimum Gasteiger partial charge on any atom is -0.493 e. The summed E-state index contributed by atoms with van der Waals surface area (Å²) in [5.74, 6) is -0.0476. The van der Waals surface area contributed by atoms with E-state index in [1.54, 1.807) is 11.0 Å². The number of aryl methyl sites for hydroxylation is 1. The zero-order chi connectivity index (χ0) is 24.4. The molecular weight excluding hydrogens is 439 g/mol. The first kappa shape index (κ1) is 23.5. The molecule has 1 aliphatic heterocycles. The molecule has 1 fully saturated rings. The minimum atomic E-state index is -0.661. The molecule has 2 heterocycles. The first-order valence-corrected chi connectivity index (χ1v) is 11.0. The molecule has 34 heavy (non-hydrogen) atoms. The molecule has 4 rings (SSSR count). The Balaban J connectivity index is 1.46. The Morgan fingerprint density at radius 1 is 1.12 bits per heavy atom. The van der Waals surface area contributed by atoms with Gasteiger partial charge in [0.15, 0.2) is 17.3 Å². The summed E-state index contributed by atoms with van der Waals surface area (Å²) in [5.41, 5.74) is 14.5. The predicted octanol–water partition coefficient (Wildman–Crippen LogP) is 2.42. The van der Waals surface area contributed by atoms with Crippen molar-refractivity contribution in [2.45, 2.75) is 19.4 Å². The van der Waals surface area contributed by atoms with Gasteiger partial charge in [0.1, 0.15) is 11.3 Å². The number of hydrogen-bond donors (Lipinski definition) is 2. The molecule has 0 radical (unpaired) electrons. The van der Waals surface area contributed by atoms with Crippen LogP contribution < -0.4 is 25.8 Å². The third kappa shape index (κ3) is 4.54. The van der Waals surface area contributed by atoms with Crippen molar-refractivity contribution in [2.24, 2.45) is 5.73 Å². The van der Waals surface area contributed by atoms with Crippen molar-refractivity contribution in [2.75, 3.05) is 51.0 Å². The normalized spacial score (nSPS) is 14.9. The molecule has 4 N–H and O–H groups in total. The highest BCUT2D eigenvalue weighted by molar-refractivity contribution is 5.92. The number of halogens is 1. The number of nitrogens with two attached hydrogens (primary N) is 2. The number of hydrogen-bond acceptors (Lipinski definition) is 8. The van der Waals surface area contributed by atoms with Crippen molar-refractivity contribution in [3.05, 3.63) is 47.3 Å². The summed E-state index contributed by atoms with van der Waals surface area (Å²) in [4.78, 5) is 25.2. The molecule has 10 heteroatoms. The van der Waals surface area contributed by atoms with Crippen LogP contribution in [0.15, 0.2) is 30.3 Å². The number of ether oxygens (including phenoxy) is 2. The predicted molar refractivity (Wildman–Crippen MR) is 129 cm³/mol. The summed E-state index contributed by atoms with van der Waals surface area (Å²) in [6.45, 7) is 3.95. The monoisotopic (exact) mass is 468 g/mol. The fraction of sp³-hybridized carbons (Fsp3) is 0.375. The van der Waals surface area contributed by atoms with Gasteiger partial charge in [-0.3, -0.25) is 4.79 Å². The first-order valence-electron chi connectivity index (χ1n) is 11.0. The van der Waals surface area contributed by atoms with Crippen LogP contribution in [-0.2, 0) is 4.79 Å². The fourth-order valence-electron chi connectivity index (χ4n) is 4.08. The van der Waals surface area contributed by atoms with Crippen LogP contribution in [0, 0.1) is 12.7 Å². The van der Waals surface area contributed by atoms with Gasteiger partial charge in [-0.05, 0) is 18.6 Å². The highest BCUT2D eigenvalue weighted by Crippen LogP contribution is 2.37. The van der Waals surface area contributed by atoms with Crippen LogP contribution in [0.1, 0.15) is 23.6 Å². The zero-order valence-corrected chi connectivity index (χ0v) is 19.5. The van der Waals surface area contributed by atoms with Gasteiger partial charge in [-0.15, -0.1) is 0 Å². The Bertz CT molecular complexity index is 1200. The van der Waals surface area contributed by atoms with E-state index in [1.807, 2.05) is 36.1 Å². The van der Waals surface area contributed by atoms with E-state index in [-0.39, 0.29) is 41.2 Å². The molecule has 180 valence electrons. The molecule has 9 nitrogen and oxygen atoms in total. The van der Waals surface area contributed by atoms with Crippen molar-refractivity contribution in [3.8, 4) is 11.5 Å². The van der Waals surface area contributed by atoms with Gasteiger partial charge in [0, 0.05) is 44.0 Å². The van der Waals surface area contributed by atoms with Crippen LogP contribution in [0.2, 0.25) is 0 Å². The number of carbonyl (C=O) groups excluding carboxylic acids is 1. The summed E-state index contributed by atoms with van der Waals surface area (Å²) >= 11 is 0. The van der Waals surface area contributed by atoms with Gasteiger partial charge in [0.05, 0.1) is 14.2 Å². The van der Waals surface area contributed by atoms with Gasteiger partial charge in [-0.25, -0.2) is 9.37 Å². The topological polar surface area (TPSA) is 120 Å². The lowest BCUT2D eigenvalue weighted by molar-refractivity contribution is -0.131. The first-order chi connectivity index (χ1) is 16.3. The van der Waals surface area contributed by atoms with Gasteiger partial charge < -0.3 is 30.7 Å². The molecule has 1 atom stereocenters. The van der Waals surface area contributed by atoms with Gasteiger partial charge in [-0.2, -0.15) is 4.98 Å². The average molecular weight is 469 g/mol. The second kappa shape index (κ2) is 9.68. The summed E-state index contributed by atoms with van der Waals surface area (Å²) in [6, 6.07) is 9.09. The summed E-state index contributed by atoms with van der Waals surface area (Å²) in [6.07, 6.45) is 0.231. The Hall–Kier alpha value is -3.66. The molecular formula is C24H29FN6O3. The number of amides is 1. The number of carbonyl (C=O) groups is 1. The molecule has 1 saturated heterocycles. The van der Waals surface area contributed by atoms with E-state index < -0.39 is 5.82 Å². The maximum Gasteiger partial charge on any atom is 0.228 e. The van der Waals surface area contributed by atoms with Crippen molar-refractivity contribution < 1.29 is 18.7 Å². The highest BCUT2D eigenvalue weighted by atomic mass is 19.1. The lowest BCUT2D eigenvalue weighted by Crippen LogP contribution is -2.49. The number of nitrogen functional groups attached to an aromatic ring is 1. The number of benzene rings is 2. The highest BCUT2D eigenvalue weighted by Gasteiger charge is 2.26. The summed E-state index contributed by atoms with van der Waals surface area (Å²) in [5, 5.41) is 0.345. The van der Waals surface area contributed by atoms with Crippen molar-refractivity contribution in [3.63, 3.8) is 0 Å². The molecule has 3 aromatic rings. The lowest BCUT2D eigenvalue weighted by Gasteiger charge is -2.35. The van der Waals surface area contributed by atoms with E-state index in [0.717, 1.165) is 11.1 Å². The quantitative estimate of drug-likeness (QED) is 0.566. The number of aromatic nitrogens is 2. The van der Waals surface area contributed by atoms with Crippen LogP contribution in [-0.4, -0.2) is 61.2 Å². The Morgan fingerprint density at radius 2 is 1.79 bits per heavy atom. The Morgan fingerprint density at radius 3 is 2.41 bits per heavy atom. The Labute approximate surface area is 197 Å². The third-order valence-corrected chi connectivity index (χ3v) is 6.11. The van der Waals surface area contributed by atoms with E-state index in [0.29, 0.717) is 37.5 Å². The van der Waals surface area contributed by atoms with E-state index in [2.05, 4.69) is 9.97 Å². The maximum atomic E-state index is 15.1. The van der Waals surface area contributed by atoms with Crippen molar-refractivity contribution in [1.29, 1.82) is 0 Å². The van der Waals surface area contributed by atoms with E-state index in [9.17, 15) is 4.79 Å². The largest absolute Gasteiger partial charge is 0.493 e. The minimum absolute atomic E-state index is 0.00505. The van der Waals surface area contributed by atoms with Gasteiger partial charge >= 0.3 is 0 Å². The van der Waals surface area contributed by atoms with Crippen molar-refractivity contribution >= 4 is 28.6 Å². The molecule has 0 aliphatic carbocycles. The standard InChI is InChI=1S/C24H29FN6O3/c1-14-4-6-15(7-5-14)17(26)13-19(32)30-8-10-31(11-9-30)24-28-21-16(23(27)29-24)12-18(33-2)22(34-3)20(21)25/h4-7,12,17H,8-11,13,26H2,1-3H3,(H2,27,28,29). The van der Waals surface area contributed by atoms with E-state index in [1.165, 1.54) is 14.2 Å². The molecule has 0 saturated carbocycles. The van der Waals surface area contributed by atoms with Crippen molar-refractivity contribution in [1.82, 2.24) is 14.9 Å². The van der Waals surface area contributed by atoms with Gasteiger partial charge in [0.25, 0.3) is 0 Å². The van der Waals surface area contributed by atoms with E-state index >= 15 is 4.39 Å². The van der Waals surface area contributed by atoms with Crippen LogP contribution in [0.3, 0.4) is 0 Å². The summed E-state index contributed by atoms with van der Waals surface area (Å²) < 4.78 is 25.4. The number of piperazine rings is 1. The molecule has 0 bridgehead atoms. The second-order valence-electron chi connectivity index (χ2n) is 8.32. The maximum absolute atomic E-state index is 15.1. The molecule has 1 unspecified atom stereocenters. The Kier molecular flexibility index (Phi) is 6.69. The second-order valence-corrected chi connectivity index (χ2v) is 8.32. The molecule has 0 spiro atoms. The third-order valence-electron chi connectivity index (χ3n) is 6.11. The van der Waals surface area contributed by atoms with Crippen LogP contribution >= 0.6 is 0 Å². The van der Waals surface area contributed by atoms with Crippen LogP contribution in [0.25, 0.3) is 10.9 Å². The van der Waals surface area contributed by atoms with Crippen LogP contribution in [0.5, 0.6) is 11.5 Å². The zero-order valence-electron chi connectivity index (χ0n) is 19.5. The van der Waals surface area contributed by atoms with E-state index in [4.69, 9.17) is 20.9 Å². The van der Waals surface area contributed by atoms with Crippen LogP contribution in [0.4, 0.5) is 16.2 Å². The molecule has 2 aromatic carbocycles. The number of rotatable bonds is 6. The fourth-order valence-corrected chi connectivity index (χ4v) is 4.08.